The Labute approximate surface area is 113 Å². The molecule has 1 unspecified atom stereocenters. The fourth-order valence-electron chi connectivity index (χ4n) is 2.99. The summed E-state index contributed by atoms with van der Waals surface area (Å²) >= 11 is 4.49. The molecule has 0 amide bonds. The van der Waals surface area contributed by atoms with Gasteiger partial charge in [-0.3, -0.25) is 9.88 Å². The highest BCUT2D eigenvalue weighted by molar-refractivity contribution is 7.80. The zero-order valence-electron chi connectivity index (χ0n) is 10.5. The summed E-state index contributed by atoms with van der Waals surface area (Å²) in [5.41, 5.74) is 7.25. The summed E-state index contributed by atoms with van der Waals surface area (Å²) in [4.78, 5) is 6.46. The van der Waals surface area contributed by atoms with Crippen molar-refractivity contribution in [2.24, 2.45) is 5.73 Å². The van der Waals surface area contributed by atoms with Crippen LogP contribution < -0.4 is 10.5 Å². The van der Waals surface area contributed by atoms with Gasteiger partial charge in [0, 0.05) is 43.1 Å². The molecule has 5 heteroatoms. The molecule has 2 aliphatic heterocycles. The molecule has 0 aromatic carbocycles. The van der Waals surface area contributed by atoms with E-state index in [4.69, 9.17) is 10.5 Å². The Morgan fingerprint density at radius 2 is 2.28 bits per heavy atom. The fraction of sp³-hybridized carbons (Fsp3) is 0.615. The predicted molar refractivity (Wildman–Crippen MR) is 73.8 cm³/mol. The van der Waals surface area contributed by atoms with Crippen LogP contribution in [0.5, 0.6) is 5.75 Å². The Morgan fingerprint density at radius 1 is 1.56 bits per heavy atom. The molecule has 1 saturated heterocycles. The first-order chi connectivity index (χ1) is 8.62. The van der Waals surface area contributed by atoms with Crippen LogP contribution >= 0.6 is 12.6 Å². The van der Waals surface area contributed by atoms with E-state index in [1.807, 2.05) is 6.07 Å². The summed E-state index contributed by atoms with van der Waals surface area (Å²) in [7, 11) is 0. The quantitative estimate of drug-likeness (QED) is 0.757. The molecule has 2 aliphatic rings. The third-order valence-electron chi connectivity index (χ3n) is 4.20. The number of hydrogen-bond donors (Lipinski definition) is 2. The van der Waals surface area contributed by atoms with Crippen LogP contribution in [-0.4, -0.2) is 33.9 Å². The van der Waals surface area contributed by atoms with Gasteiger partial charge in [0.15, 0.2) is 0 Å². The van der Waals surface area contributed by atoms with Crippen molar-refractivity contribution in [1.29, 1.82) is 0 Å². The molecule has 3 rings (SSSR count). The minimum Gasteiger partial charge on any atom is -0.483 e. The summed E-state index contributed by atoms with van der Waals surface area (Å²) in [5.74, 6) is 0.859. The molecule has 18 heavy (non-hydrogen) atoms. The van der Waals surface area contributed by atoms with E-state index >= 15 is 0 Å². The summed E-state index contributed by atoms with van der Waals surface area (Å²) in [6.45, 7) is 4.08. The van der Waals surface area contributed by atoms with Crippen LogP contribution in [0.15, 0.2) is 18.5 Å². The van der Waals surface area contributed by atoms with Gasteiger partial charge in [-0.05, 0) is 13.0 Å². The van der Waals surface area contributed by atoms with Gasteiger partial charge in [0.1, 0.15) is 11.4 Å². The zero-order chi connectivity index (χ0) is 12.8. The normalized spacial score (nSPS) is 27.8. The smallest absolute Gasteiger partial charge is 0.143 e. The molecule has 98 valence electrons. The van der Waals surface area contributed by atoms with Gasteiger partial charge < -0.3 is 10.5 Å². The highest BCUT2D eigenvalue weighted by atomic mass is 32.1. The van der Waals surface area contributed by atoms with Crippen LogP contribution in [0.25, 0.3) is 0 Å². The largest absolute Gasteiger partial charge is 0.483 e. The molecule has 0 bridgehead atoms. The Bertz CT molecular complexity index is 444. The van der Waals surface area contributed by atoms with E-state index in [0.717, 1.165) is 37.2 Å². The average molecular weight is 265 g/mol. The first-order valence-corrected chi connectivity index (χ1v) is 6.95. The molecule has 2 atom stereocenters. The Balaban J connectivity index is 1.80. The summed E-state index contributed by atoms with van der Waals surface area (Å²) in [6, 6.07) is 1.94. The van der Waals surface area contributed by atoms with Crippen molar-refractivity contribution in [3.8, 4) is 5.75 Å². The predicted octanol–water partition coefficient (Wildman–Crippen LogP) is 1.58. The number of nitrogens with zero attached hydrogens (tertiary/aromatic N) is 2. The van der Waals surface area contributed by atoms with Gasteiger partial charge in [-0.25, -0.2) is 0 Å². The number of ether oxygens (including phenoxy) is 1. The second-order valence-corrected chi connectivity index (χ2v) is 5.97. The summed E-state index contributed by atoms with van der Waals surface area (Å²) in [5, 5.41) is 0.295. The lowest BCUT2D eigenvalue weighted by Crippen LogP contribution is -2.52. The second-order valence-electron chi connectivity index (χ2n) is 5.23. The van der Waals surface area contributed by atoms with Crippen molar-refractivity contribution in [2.75, 3.05) is 13.1 Å². The number of piperidine rings is 1. The van der Waals surface area contributed by atoms with Crippen molar-refractivity contribution in [3.63, 3.8) is 0 Å². The van der Waals surface area contributed by atoms with Crippen molar-refractivity contribution in [1.82, 2.24) is 9.88 Å². The molecular formula is C13H19N3OS. The Hall–Kier alpha value is -0.780. The van der Waals surface area contributed by atoms with Crippen LogP contribution in [-0.2, 0) is 0 Å². The lowest BCUT2D eigenvalue weighted by Gasteiger charge is -2.42. The Kier molecular flexibility index (Phi) is 3.00. The van der Waals surface area contributed by atoms with E-state index < -0.39 is 0 Å². The van der Waals surface area contributed by atoms with Gasteiger partial charge in [-0.1, -0.05) is 0 Å². The molecule has 0 radical (unpaired) electrons. The number of thiol groups is 1. The van der Waals surface area contributed by atoms with Crippen LogP contribution in [0.1, 0.15) is 31.4 Å². The maximum Gasteiger partial charge on any atom is 0.143 e. The number of fused-ring (bicyclic) bond motifs is 1. The van der Waals surface area contributed by atoms with Gasteiger partial charge in [0.2, 0.25) is 0 Å². The minimum absolute atomic E-state index is 0.0344. The lowest BCUT2D eigenvalue weighted by molar-refractivity contribution is -0.000566. The average Bonchev–Trinajstić information content (AvgIpc) is 2.64. The van der Waals surface area contributed by atoms with Crippen LogP contribution in [0, 0.1) is 0 Å². The summed E-state index contributed by atoms with van der Waals surface area (Å²) < 4.78 is 6.14. The van der Waals surface area contributed by atoms with E-state index in [1.54, 1.807) is 12.4 Å². The number of pyridine rings is 1. The number of likely N-dealkylation sites (tertiary alicyclic amines) is 1. The van der Waals surface area contributed by atoms with E-state index in [0.29, 0.717) is 5.37 Å². The molecule has 1 aromatic heterocycles. The lowest BCUT2D eigenvalue weighted by atomic mass is 9.83. The molecule has 2 N–H and O–H groups in total. The van der Waals surface area contributed by atoms with Gasteiger partial charge in [0.05, 0.1) is 12.2 Å². The fourth-order valence-corrected chi connectivity index (χ4v) is 3.22. The van der Waals surface area contributed by atoms with E-state index in [-0.39, 0.29) is 11.6 Å². The van der Waals surface area contributed by atoms with Gasteiger partial charge in [-0.15, -0.1) is 0 Å². The third kappa shape index (κ3) is 1.81. The highest BCUT2D eigenvalue weighted by Gasteiger charge is 2.48. The van der Waals surface area contributed by atoms with Crippen LogP contribution in [0.2, 0.25) is 0 Å². The SMILES string of the molecule is CC(S)N1CCC2(CC1)Oc1cnccc1[C@H]2N. The maximum atomic E-state index is 6.39. The van der Waals surface area contributed by atoms with Gasteiger partial charge >= 0.3 is 0 Å². The standard InChI is InChI=1S/C13H19N3OS/c1-9(18)16-6-3-13(4-7-16)12(14)10-2-5-15-8-11(10)17-13/h2,5,8-9,12,18H,3-4,6-7,14H2,1H3/t9?,12-/m1/s1. The molecule has 4 nitrogen and oxygen atoms in total. The minimum atomic E-state index is -0.232. The van der Waals surface area contributed by atoms with Crippen molar-refractivity contribution in [2.45, 2.75) is 36.8 Å². The van der Waals surface area contributed by atoms with Gasteiger partial charge in [0.25, 0.3) is 0 Å². The number of aromatic nitrogens is 1. The van der Waals surface area contributed by atoms with Crippen molar-refractivity contribution in [3.05, 3.63) is 24.0 Å². The van der Waals surface area contributed by atoms with Crippen LogP contribution in [0.4, 0.5) is 0 Å². The molecule has 1 fully saturated rings. The van der Waals surface area contributed by atoms with Crippen molar-refractivity contribution >= 4 is 12.6 Å². The molecular weight excluding hydrogens is 246 g/mol. The molecule has 0 saturated carbocycles. The van der Waals surface area contributed by atoms with E-state index in [2.05, 4.69) is 29.4 Å². The van der Waals surface area contributed by atoms with Crippen LogP contribution in [0.3, 0.4) is 0 Å². The first kappa shape index (κ1) is 12.3. The molecule has 1 spiro atoms. The molecule has 0 aliphatic carbocycles. The topological polar surface area (TPSA) is 51.4 Å². The second kappa shape index (κ2) is 4.40. The van der Waals surface area contributed by atoms with Crippen molar-refractivity contribution < 1.29 is 4.74 Å². The Morgan fingerprint density at radius 3 is 2.89 bits per heavy atom. The van der Waals surface area contributed by atoms with E-state index in [1.165, 1.54) is 0 Å². The number of nitrogens with two attached hydrogens (primary N) is 1. The maximum absolute atomic E-state index is 6.39. The van der Waals surface area contributed by atoms with E-state index in [9.17, 15) is 0 Å². The van der Waals surface area contributed by atoms with Gasteiger partial charge in [-0.2, -0.15) is 12.6 Å². The number of hydrogen-bond acceptors (Lipinski definition) is 5. The number of rotatable bonds is 1. The highest BCUT2D eigenvalue weighted by Crippen LogP contribution is 2.46. The first-order valence-electron chi connectivity index (χ1n) is 6.43. The third-order valence-corrected chi connectivity index (χ3v) is 4.53. The molecule has 1 aromatic rings. The zero-order valence-corrected chi connectivity index (χ0v) is 11.4. The summed E-state index contributed by atoms with van der Waals surface area (Å²) in [6.07, 6.45) is 5.46. The monoisotopic (exact) mass is 265 g/mol. The molecule has 3 heterocycles.